The third kappa shape index (κ3) is 1.47. The number of thiophene rings is 1. The second-order valence-corrected chi connectivity index (χ2v) is 4.63. The van der Waals surface area contributed by atoms with Crippen LogP contribution in [0.25, 0.3) is 0 Å². The van der Waals surface area contributed by atoms with Gasteiger partial charge in [-0.05, 0) is 37.8 Å². The highest BCUT2D eigenvalue weighted by Crippen LogP contribution is 2.41. The van der Waals surface area contributed by atoms with Gasteiger partial charge < -0.3 is 5.73 Å². The Labute approximate surface area is 71.2 Å². The summed E-state index contributed by atoms with van der Waals surface area (Å²) in [6.45, 7) is 2.13. The predicted octanol–water partition coefficient (Wildman–Crippen LogP) is 2.47. The summed E-state index contributed by atoms with van der Waals surface area (Å²) in [6.07, 6.45) is 2.66. The highest BCUT2D eigenvalue weighted by atomic mass is 32.1. The van der Waals surface area contributed by atoms with Gasteiger partial charge in [0.05, 0.1) is 0 Å². The van der Waals surface area contributed by atoms with Gasteiger partial charge in [-0.15, -0.1) is 11.3 Å². The van der Waals surface area contributed by atoms with E-state index in [1.165, 1.54) is 22.6 Å². The molecule has 1 heterocycles. The lowest BCUT2D eigenvalue weighted by atomic mass is 10.2. The molecule has 0 aliphatic heterocycles. The van der Waals surface area contributed by atoms with Crippen LogP contribution >= 0.6 is 11.3 Å². The van der Waals surface area contributed by atoms with Gasteiger partial charge >= 0.3 is 0 Å². The molecule has 11 heavy (non-hydrogen) atoms. The van der Waals surface area contributed by atoms with Gasteiger partial charge in [0, 0.05) is 15.8 Å². The molecule has 0 saturated heterocycles. The lowest BCUT2D eigenvalue weighted by Gasteiger charge is -2.05. The maximum absolute atomic E-state index is 6.02. The minimum absolute atomic E-state index is 0.327. The predicted molar refractivity (Wildman–Crippen MR) is 48.7 cm³/mol. The van der Waals surface area contributed by atoms with Crippen LogP contribution in [0.4, 0.5) is 0 Å². The average molecular weight is 167 g/mol. The van der Waals surface area contributed by atoms with E-state index in [9.17, 15) is 0 Å². The maximum atomic E-state index is 6.02. The molecule has 0 amide bonds. The number of nitrogens with two attached hydrogens (primary N) is 1. The fourth-order valence-corrected chi connectivity index (χ4v) is 2.29. The summed E-state index contributed by atoms with van der Waals surface area (Å²) in [5, 5.41) is 0. The van der Waals surface area contributed by atoms with Gasteiger partial charge in [0.25, 0.3) is 0 Å². The second kappa shape index (κ2) is 2.61. The van der Waals surface area contributed by atoms with E-state index in [0.29, 0.717) is 6.04 Å². The molecule has 1 fully saturated rings. The molecule has 0 aromatic carbocycles. The van der Waals surface area contributed by atoms with Crippen LogP contribution in [0.15, 0.2) is 12.1 Å². The quantitative estimate of drug-likeness (QED) is 0.719. The van der Waals surface area contributed by atoms with Crippen molar-refractivity contribution in [3.63, 3.8) is 0 Å². The van der Waals surface area contributed by atoms with Crippen molar-refractivity contribution in [2.45, 2.75) is 25.8 Å². The average Bonchev–Trinajstić information content (AvgIpc) is 2.74. The smallest absolute Gasteiger partial charge is 0.0418 e. The van der Waals surface area contributed by atoms with Gasteiger partial charge in [-0.3, -0.25) is 0 Å². The normalized spacial score (nSPS) is 20.2. The Hall–Kier alpha value is -0.340. The summed E-state index contributed by atoms with van der Waals surface area (Å²) in [5.41, 5.74) is 6.02. The van der Waals surface area contributed by atoms with Gasteiger partial charge in [-0.25, -0.2) is 0 Å². The van der Waals surface area contributed by atoms with Crippen LogP contribution in [-0.4, -0.2) is 0 Å². The van der Waals surface area contributed by atoms with Crippen molar-refractivity contribution in [3.8, 4) is 0 Å². The highest BCUT2D eigenvalue weighted by Gasteiger charge is 2.29. The Balaban J connectivity index is 2.14. The summed E-state index contributed by atoms with van der Waals surface area (Å²) >= 11 is 1.84. The molecule has 1 aliphatic carbocycles. The second-order valence-electron chi connectivity index (χ2n) is 3.31. The van der Waals surface area contributed by atoms with E-state index in [4.69, 9.17) is 5.73 Å². The summed E-state index contributed by atoms with van der Waals surface area (Å²) in [7, 11) is 0. The van der Waals surface area contributed by atoms with Crippen molar-refractivity contribution in [1.82, 2.24) is 0 Å². The van der Waals surface area contributed by atoms with Crippen molar-refractivity contribution in [2.75, 3.05) is 0 Å². The molecule has 0 radical (unpaired) electrons. The monoisotopic (exact) mass is 167 g/mol. The SMILES string of the molecule is Cc1ccc([C@H](N)C2CC2)s1. The molecule has 2 heteroatoms. The Bertz CT molecular complexity index is 250. The number of hydrogen-bond donors (Lipinski definition) is 1. The van der Waals surface area contributed by atoms with E-state index in [0.717, 1.165) is 5.92 Å². The first-order chi connectivity index (χ1) is 5.27. The fraction of sp³-hybridized carbons (Fsp3) is 0.556. The molecule has 1 aliphatic rings. The Morgan fingerprint density at radius 1 is 1.55 bits per heavy atom. The molecule has 1 nitrogen and oxygen atoms in total. The van der Waals surface area contributed by atoms with Gasteiger partial charge in [0.15, 0.2) is 0 Å². The molecular formula is C9H13NS. The van der Waals surface area contributed by atoms with Crippen molar-refractivity contribution in [2.24, 2.45) is 11.7 Å². The molecule has 0 spiro atoms. The van der Waals surface area contributed by atoms with Crippen LogP contribution in [0.1, 0.15) is 28.6 Å². The first kappa shape index (κ1) is 7.32. The molecular weight excluding hydrogens is 154 g/mol. The van der Waals surface area contributed by atoms with Crippen molar-refractivity contribution >= 4 is 11.3 Å². The molecule has 1 aromatic rings. The van der Waals surface area contributed by atoms with Crippen LogP contribution in [-0.2, 0) is 0 Å². The fourth-order valence-electron chi connectivity index (χ4n) is 1.32. The molecule has 1 aromatic heterocycles. The molecule has 1 saturated carbocycles. The third-order valence-corrected chi connectivity index (χ3v) is 3.32. The zero-order valence-corrected chi connectivity index (χ0v) is 7.53. The number of rotatable bonds is 2. The van der Waals surface area contributed by atoms with E-state index in [-0.39, 0.29) is 0 Å². The summed E-state index contributed by atoms with van der Waals surface area (Å²) in [4.78, 5) is 2.74. The summed E-state index contributed by atoms with van der Waals surface area (Å²) < 4.78 is 0. The van der Waals surface area contributed by atoms with Gasteiger partial charge in [0.2, 0.25) is 0 Å². The zero-order valence-electron chi connectivity index (χ0n) is 6.71. The first-order valence-electron chi connectivity index (χ1n) is 4.09. The van der Waals surface area contributed by atoms with Gasteiger partial charge in [-0.1, -0.05) is 0 Å². The lowest BCUT2D eigenvalue weighted by molar-refractivity contribution is 0.645. The standard InChI is InChI=1S/C9H13NS/c1-6-2-5-8(11-6)9(10)7-3-4-7/h2,5,7,9H,3-4,10H2,1H3/t9-/m1/s1. The van der Waals surface area contributed by atoms with Crippen LogP contribution < -0.4 is 5.73 Å². The molecule has 0 bridgehead atoms. The Kier molecular flexibility index (Phi) is 1.74. The Morgan fingerprint density at radius 3 is 2.73 bits per heavy atom. The van der Waals surface area contributed by atoms with E-state index in [1.54, 1.807) is 0 Å². The first-order valence-corrected chi connectivity index (χ1v) is 4.91. The van der Waals surface area contributed by atoms with E-state index >= 15 is 0 Å². The summed E-state index contributed by atoms with van der Waals surface area (Å²) in [5.74, 6) is 0.785. The maximum Gasteiger partial charge on any atom is 0.0418 e. The van der Waals surface area contributed by atoms with Crippen LogP contribution in [0.5, 0.6) is 0 Å². The van der Waals surface area contributed by atoms with Gasteiger partial charge in [0.1, 0.15) is 0 Å². The molecule has 2 N–H and O–H groups in total. The Morgan fingerprint density at radius 2 is 2.27 bits per heavy atom. The number of hydrogen-bond acceptors (Lipinski definition) is 2. The summed E-state index contributed by atoms with van der Waals surface area (Å²) in [6, 6.07) is 4.65. The highest BCUT2D eigenvalue weighted by molar-refractivity contribution is 7.12. The van der Waals surface area contributed by atoms with E-state index in [1.807, 2.05) is 11.3 Å². The van der Waals surface area contributed by atoms with Crippen molar-refractivity contribution in [1.29, 1.82) is 0 Å². The van der Waals surface area contributed by atoms with E-state index < -0.39 is 0 Å². The van der Waals surface area contributed by atoms with Crippen LogP contribution in [0, 0.1) is 12.8 Å². The zero-order chi connectivity index (χ0) is 7.84. The third-order valence-electron chi connectivity index (χ3n) is 2.22. The molecule has 2 rings (SSSR count). The molecule has 60 valence electrons. The van der Waals surface area contributed by atoms with Gasteiger partial charge in [-0.2, -0.15) is 0 Å². The number of aryl methyl sites for hydroxylation is 1. The largest absolute Gasteiger partial charge is 0.323 e. The minimum Gasteiger partial charge on any atom is -0.323 e. The minimum atomic E-state index is 0.327. The van der Waals surface area contributed by atoms with Crippen molar-refractivity contribution in [3.05, 3.63) is 21.9 Å². The molecule has 0 unspecified atom stereocenters. The van der Waals surface area contributed by atoms with E-state index in [2.05, 4.69) is 19.1 Å². The van der Waals surface area contributed by atoms with Crippen LogP contribution in [0.2, 0.25) is 0 Å². The van der Waals surface area contributed by atoms with Crippen LogP contribution in [0.3, 0.4) is 0 Å². The lowest BCUT2D eigenvalue weighted by Crippen LogP contribution is -2.10. The topological polar surface area (TPSA) is 26.0 Å². The molecule has 1 atom stereocenters. The van der Waals surface area contributed by atoms with Crippen molar-refractivity contribution < 1.29 is 0 Å².